The Labute approximate surface area is 169 Å². The smallest absolute Gasteiger partial charge is 0.408 e. The molecule has 6 nitrogen and oxygen atoms in total. The molecule has 0 aliphatic rings. The van der Waals surface area contributed by atoms with Gasteiger partial charge in [-0.1, -0.05) is 60.7 Å². The van der Waals surface area contributed by atoms with Gasteiger partial charge in [-0.05, 0) is 18.1 Å². The molecule has 0 spiro atoms. The van der Waals surface area contributed by atoms with Gasteiger partial charge < -0.3 is 15.4 Å². The maximum atomic E-state index is 12.6. The third kappa shape index (κ3) is 7.04. The van der Waals surface area contributed by atoms with Crippen molar-refractivity contribution in [2.24, 2.45) is 0 Å². The van der Waals surface area contributed by atoms with Crippen molar-refractivity contribution >= 4 is 29.4 Å². The summed E-state index contributed by atoms with van der Waals surface area (Å²) >= 11 is 5.53. The molecule has 0 heterocycles. The van der Waals surface area contributed by atoms with Crippen LogP contribution in [0.4, 0.5) is 4.79 Å². The Balaban J connectivity index is 2.01. The molecule has 2 aromatic carbocycles. The first kappa shape index (κ1) is 21.4. The molecule has 0 bridgehead atoms. The zero-order chi connectivity index (χ0) is 20.4. The van der Waals surface area contributed by atoms with E-state index in [4.69, 9.17) is 16.3 Å². The number of carbonyl (C=O) groups is 3. The minimum Gasteiger partial charge on any atom is -0.445 e. The molecule has 148 valence electrons. The Hall–Kier alpha value is -2.86. The van der Waals surface area contributed by atoms with Crippen LogP contribution in [0.25, 0.3) is 0 Å². The molecule has 0 radical (unpaired) electrons. The number of ether oxygens (including phenoxy) is 1. The van der Waals surface area contributed by atoms with Gasteiger partial charge in [-0.2, -0.15) is 0 Å². The molecule has 2 amide bonds. The highest BCUT2D eigenvalue weighted by atomic mass is 35.5. The van der Waals surface area contributed by atoms with Crippen molar-refractivity contribution < 1.29 is 19.1 Å². The van der Waals surface area contributed by atoms with E-state index >= 15 is 0 Å². The van der Waals surface area contributed by atoms with Crippen LogP contribution < -0.4 is 10.6 Å². The maximum Gasteiger partial charge on any atom is 0.408 e. The van der Waals surface area contributed by atoms with E-state index in [0.717, 1.165) is 11.1 Å². The zero-order valence-corrected chi connectivity index (χ0v) is 16.3. The summed E-state index contributed by atoms with van der Waals surface area (Å²) in [5.41, 5.74) is 1.70. The molecule has 0 aliphatic carbocycles. The molecule has 0 saturated carbocycles. The maximum absolute atomic E-state index is 12.6. The van der Waals surface area contributed by atoms with Gasteiger partial charge in [0.15, 0.2) is 5.78 Å². The number of benzene rings is 2. The van der Waals surface area contributed by atoms with E-state index in [-0.39, 0.29) is 24.7 Å². The molecule has 0 unspecified atom stereocenters. The first-order valence-electron chi connectivity index (χ1n) is 8.89. The summed E-state index contributed by atoms with van der Waals surface area (Å²) in [4.78, 5) is 36.5. The summed E-state index contributed by atoms with van der Waals surface area (Å²) in [5, 5.41) is 5.17. The number of alkyl halides is 1. The van der Waals surface area contributed by atoms with Crippen molar-refractivity contribution in [2.75, 3.05) is 5.88 Å². The number of rotatable bonds is 9. The first-order chi connectivity index (χ1) is 13.5. The van der Waals surface area contributed by atoms with Crippen LogP contribution in [0.3, 0.4) is 0 Å². The van der Waals surface area contributed by atoms with E-state index < -0.39 is 24.1 Å². The van der Waals surface area contributed by atoms with Crippen molar-refractivity contribution in [3.63, 3.8) is 0 Å². The Kier molecular flexibility index (Phi) is 8.49. The van der Waals surface area contributed by atoms with Crippen molar-refractivity contribution in [1.82, 2.24) is 10.6 Å². The SMILES string of the molecule is C[C@@H](NC(=O)[C@H](Cc1ccccc1)NC(=O)OCc1ccccc1)C(=O)CCl. The van der Waals surface area contributed by atoms with E-state index in [0.29, 0.717) is 0 Å². The van der Waals surface area contributed by atoms with Gasteiger partial charge in [-0.25, -0.2) is 4.79 Å². The largest absolute Gasteiger partial charge is 0.445 e. The first-order valence-corrected chi connectivity index (χ1v) is 9.43. The molecule has 2 N–H and O–H groups in total. The molecular formula is C21H23ClN2O4. The lowest BCUT2D eigenvalue weighted by Gasteiger charge is -2.20. The molecule has 0 aliphatic heterocycles. The van der Waals surface area contributed by atoms with Crippen molar-refractivity contribution in [1.29, 1.82) is 0 Å². The standard InChI is InChI=1S/C21H23ClN2O4/c1-15(19(25)13-22)23-20(26)18(12-16-8-4-2-5-9-16)24-21(27)28-14-17-10-6-3-7-11-17/h2-11,15,18H,12-14H2,1H3,(H,23,26)(H,24,27)/t15-,18+/m1/s1. The summed E-state index contributed by atoms with van der Waals surface area (Å²) in [7, 11) is 0. The van der Waals surface area contributed by atoms with Crippen LogP contribution in [0, 0.1) is 0 Å². The van der Waals surface area contributed by atoms with E-state index in [9.17, 15) is 14.4 Å². The van der Waals surface area contributed by atoms with Crippen LogP contribution in [0.15, 0.2) is 60.7 Å². The Morgan fingerprint density at radius 2 is 1.50 bits per heavy atom. The second kappa shape index (κ2) is 11.1. The van der Waals surface area contributed by atoms with Crippen LogP contribution in [-0.4, -0.2) is 35.7 Å². The highest BCUT2D eigenvalue weighted by molar-refractivity contribution is 6.28. The minimum absolute atomic E-state index is 0.0908. The summed E-state index contributed by atoms with van der Waals surface area (Å²) in [6, 6.07) is 16.8. The van der Waals surface area contributed by atoms with E-state index in [2.05, 4.69) is 10.6 Å². The lowest BCUT2D eigenvalue weighted by molar-refractivity contribution is -0.127. The van der Waals surface area contributed by atoms with Gasteiger partial charge in [0.1, 0.15) is 12.6 Å². The fourth-order valence-electron chi connectivity index (χ4n) is 2.48. The second-order valence-corrected chi connectivity index (χ2v) is 6.55. The lowest BCUT2D eigenvalue weighted by atomic mass is 10.0. The van der Waals surface area contributed by atoms with Crippen molar-refractivity contribution in [3.8, 4) is 0 Å². The van der Waals surface area contributed by atoms with Crippen LogP contribution in [0.5, 0.6) is 0 Å². The number of alkyl carbamates (subject to hydrolysis) is 1. The highest BCUT2D eigenvalue weighted by Gasteiger charge is 2.25. The summed E-state index contributed by atoms with van der Waals surface area (Å²) in [5.74, 6) is -0.983. The van der Waals surface area contributed by atoms with Crippen LogP contribution in [-0.2, 0) is 27.4 Å². The quantitative estimate of drug-likeness (QED) is 0.631. The third-order valence-electron chi connectivity index (χ3n) is 4.08. The fourth-order valence-corrected chi connectivity index (χ4v) is 2.71. The average molecular weight is 403 g/mol. The van der Waals surface area contributed by atoms with E-state index in [1.54, 1.807) is 6.92 Å². The molecule has 28 heavy (non-hydrogen) atoms. The van der Waals surface area contributed by atoms with Crippen molar-refractivity contribution in [3.05, 3.63) is 71.8 Å². The number of halogens is 1. The fraction of sp³-hybridized carbons (Fsp3) is 0.286. The number of hydrogen-bond donors (Lipinski definition) is 2. The molecule has 0 saturated heterocycles. The van der Waals surface area contributed by atoms with Gasteiger partial charge in [0.2, 0.25) is 5.91 Å². The Morgan fingerprint density at radius 3 is 2.07 bits per heavy atom. The molecule has 7 heteroatoms. The normalized spacial score (nSPS) is 12.5. The lowest BCUT2D eigenvalue weighted by Crippen LogP contribution is -2.52. The molecule has 0 aromatic heterocycles. The number of Topliss-reactive ketones (excluding diaryl/α,β-unsaturated/α-hetero) is 1. The third-order valence-corrected chi connectivity index (χ3v) is 4.34. The monoisotopic (exact) mass is 402 g/mol. The molecule has 0 fully saturated rings. The van der Waals surface area contributed by atoms with Crippen LogP contribution >= 0.6 is 11.6 Å². The van der Waals surface area contributed by atoms with Crippen LogP contribution in [0.2, 0.25) is 0 Å². The molecule has 2 atom stereocenters. The Morgan fingerprint density at radius 1 is 0.929 bits per heavy atom. The number of nitrogens with one attached hydrogen (secondary N) is 2. The summed E-state index contributed by atoms with van der Waals surface area (Å²) < 4.78 is 5.20. The van der Waals surface area contributed by atoms with E-state index in [1.165, 1.54) is 0 Å². The zero-order valence-electron chi connectivity index (χ0n) is 15.6. The topological polar surface area (TPSA) is 84.5 Å². The Bertz CT molecular complexity index is 784. The molecule has 2 aromatic rings. The van der Waals surface area contributed by atoms with Gasteiger partial charge in [0.25, 0.3) is 0 Å². The van der Waals surface area contributed by atoms with Gasteiger partial charge in [-0.3, -0.25) is 9.59 Å². The van der Waals surface area contributed by atoms with Gasteiger partial charge in [-0.15, -0.1) is 11.6 Å². The number of hydrogen-bond acceptors (Lipinski definition) is 4. The minimum atomic E-state index is -0.892. The van der Waals surface area contributed by atoms with Crippen molar-refractivity contribution in [2.45, 2.75) is 32.0 Å². The summed E-state index contributed by atoms with van der Waals surface area (Å²) in [6.07, 6.45) is -0.453. The number of ketones is 1. The molecule has 2 rings (SSSR count). The number of carbonyl (C=O) groups excluding carboxylic acids is 3. The van der Waals surface area contributed by atoms with Gasteiger partial charge >= 0.3 is 6.09 Å². The highest BCUT2D eigenvalue weighted by Crippen LogP contribution is 2.06. The van der Waals surface area contributed by atoms with E-state index in [1.807, 2.05) is 60.7 Å². The molecular weight excluding hydrogens is 380 g/mol. The van der Waals surface area contributed by atoms with Gasteiger partial charge in [0.05, 0.1) is 11.9 Å². The van der Waals surface area contributed by atoms with Crippen LogP contribution in [0.1, 0.15) is 18.1 Å². The predicted molar refractivity (Wildman–Crippen MR) is 107 cm³/mol. The second-order valence-electron chi connectivity index (χ2n) is 6.28. The summed E-state index contributed by atoms with van der Waals surface area (Å²) in [6.45, 7) is 1.64. The predicted octanol–water partition coefficient (Wildman–Crippen LogP) is 2.84. The van der Waals surface area contributed by atoms with Gasteiger partial charge in [0, 0.05) is 6.42 Å². The number of amides is 2. The average Bonchev–Trinajstić information content (AvgIpc) is 2.72.